The van der Waals surface area contributed by atoms with Crippen LogP contribution in [0.3, 0.4) is 0 Å². The van der Waals surface area contributed by atoms with E-state index in [4.69, 9.17) is 18.6 Å². The van der Waals surface area contributed by atoms with E-state index in [9.17, 15) is 9.90 Å². The van der Waals surface area contributed by atoms with Crippen LogP contribution in [-0.2, 0) is 19.5 Å². The number of rotatable bonds is 3. The molecule has 7 nitrogen and oxygen atoms in total. The molecule has 1 N–H and O–H groups in total. The van der Waals surface area contributed by atoms with Gasteiger partial charge in [0, 0.05) is 29.5 Å². The summed E-state index contributed by atoms with van der Waals surface area (Å²) in [5.74, 6) is 2.12. The van der Waals surface area contributed by atoms with Gasteiger partial charge in [-0.25, -0.2) is 4.79 Å². The summed E-state index contributed by atoms with van der Waals surface area (Å²) in [4.78, 5) is 12.1. The summed E-state index contributed by atoms with van der Waals surface area (Å²) >= 11 is 3.69. The molecule has 8 heteroatoms. The summed E-state index contributed by atoms with van der Waals surface area (Å²) in [6.07, 6.45) is 0.833. The van der Waals surface area contributed by atoms with Gasteiger partial charge in [-0.15, -0.1) is 0 Å². The Kier molecular flexibility index (Phi) is 4.44. The van der Waals surface area contributed by atoms with Gasteiger partial charge in [-0.2, -0.15) is 0 Å². The maximum Gasteiger partial charge on any atom is 0.336 e. The van der Waals surface area contributed by atoms with Crippen LogP contribution in [0.2, 0.25) is 0 Å². The summed E-state index contributed by atoms with van der Waals surface area (Å²) in [7, 11) is 3.81. The standard InChI is InChI=1S/C22H20BrNO6/c1-24(9-12-7-18(26)30-17-8-13(25)3-4-14(12)17)6-5-15-16(10-24)20(27-2)22-21(19(15)23)28-11-29-22/h3-4,7-8H,5-6,9-11H2,1-2H3/p+1. The lowest BCUT2D eigenvalue weighted by atomic mass is 9.95. The minimum Gasteiger partial charge on any atom is -0.508 e. The summed E-state index contributed by atoms with van der Waals surface area (Å²) in [6, 6.07) is 6.43. The van der Waals surface area contributed by atoms with Gasteiger partial charge in [-0.1, -0.05) is 0 Å². The van der Waals surface area contributed by atoms with Gasteiger partial charge in [0.05, 0.1) is 30.7 Å². The van der Waals surface area contributed by atoms with Crippen molar-refractivity contribution in [3.05, 3.63) is 55.8 Å². The Morgan fingerprint density at radius 1 is 1.20 bits per heavy atom. The summed E-state index contributed by atoms with van der Waals surface area (Å²) in [5.41, 5.74) is 3.13. The number of phenolic OH excluding ortho intramolecular Hbond substituents is 1. The molecule has 3 heterocycles. The van der Waals surface area contributed by atoms with Gasteiger partial charge in [-0.3, -0.25) is 0 Å². The largest absolute Gasteiger partial charge is 0.508 e. The molecule has 0 aliphatic carbocycles. The molecule has 0 bridgehead atoms. The number of methoxy groups -OCH3 is 1. The Balaban J connectivity index is 1.57. The second-order valence-corrected chi connectivity index (χ2v) is 8.84. The smallest absolute Gasteiger partial charge is 0.336 e. The molecule has 0 spiro atoms. The van der Waals surface area contributed by atoms with E-state index in [-0.39, 0.29) is 12.5 Å². The van der Waals surface area contributed by atoms with Crippen molar-refractivity contribution in [2.45, 2.75) is 19.5 Å². The second-order valence-electron chi connectivity index (χ2n) is 8.05. The lowest BCUT2D eigenvalue weighted by molar-refractivity contribution is -0.937. The molecule has 1 aromatic heterocycles. The highest BCUT2D eigenvalue weighted by atomic mass is 79.9. The Labute approximate surface area is 181 Å². The molecule has 1 atom stereocenters. The first kappa shape index (κ1) is 19.3. The third kappa shape index (κ3) is 3.02. The van der Waals surface area contributed by atoms with E-state index in [0.29, 0.717) is 40.4 Å². The summed E-state index contributed by atoms with van der Waals surface area (Å²) < 4.78 is 23.9. The number of ether oxygens (including phenoxy) is 3. The molecule has 0 saturated heterocycles. The van der Waals surface area contributed by atoms with E-state index < -0.39 is 5.63 Å². The number of nitrogens with zero attached hydrogens (tertiary/aromatic N) is 1. The van der Waals surface area contributed by atoms with Crippen molar-refractivity contribution in [1.29, 1.82) is 0 Å². The van der Waals surface area contributed by atoms with Gasteiger partial charge in [0.15, 0.2) is 11.5 Å². The Hall–Kier alpha value is -2.71. The van der Waals surface area contributed by atoms with Crippen LogP contribution in [0, 0.1) is 0 Å². The average Bonchev–Trinajstić information content (AvgIpc) is 3.17. The van der Waals surface area contributed by atoms with Gasteiger partial charge in [0.1, 0.15) is 24.4 Å². The van der Waals surface area contributed by atoms with E-state index in [1.54, 1.807) is 25.3 Å². The first-order chi connectivity index (χ1) is 14.4. The van der Waals surface area contributed by atoms with E-state index >= 15 is 0 Å². The number of quaternary nitrogens is 1. The number of hydrogen-bond donors (Lipinski definition) is 1. The maximum absolute atomic E-state index is 12.1. The van der Waals surface area contributed by atoms with E-state index in [0.717, 1.165) is 34.0 Å². The lowest BCUT2D eigenvalue weighted by Gasteiger charge is -2.39. The van der Waals surface area contributed by atoms with Crippen molar-refractivity contribution in [2.75, 3.05) is 27.5 Å². The van der Waals surface area contributed by atoms with Crippen LogP contribution < -0.4 is 19.8 Å². The number of hydrogen-bond acceptors (Lipinski definition) is 6. The summed E-state index contributed by atoms with van der Waals surface area (Å²) in [6.45, 7) is 2.42. The Morgan fingerprint density at radius 3 is 2.80 bits per heavy atom. The monoisotopic (exact) mass is 474 g/mol. The molecule has 0 fully saturated rings. The third-order valence-corrected chi connectivity index (χ3v) is 6.77. The number of likely N-dealkylation sites (N-methyl/N-ethyl adjacent to an activating group) is 1. The molecule has 0 amide bonds. The fourth-order valence-electron chi connectivity index (χ4n) is 4.54. The Bertz CT molecular complexity index is 1240. The van der Waals surface area contributed by atoms with Crippen molar-refractivity contribution in [2.24, 2.45) is 0 Å². The van der Waals surface area contributed by atoms with Crippen molar-refractivity contribution in [1.82, 2.24) is 0 Å². The molecule has 1 unspecified atom stereocenters. The molecule has 3 aromatic rings. The second kappa shape index (κ2) is 6.92. The van der Waals surface area contributed by atoms with Crippen LogP contribution >= 0.6 is 15.9 Å². The quantitative estimate of drug-likeness (QED) is 0.460. The lowest BCUT2D eigenvalue weighted by Crippen LogP contribution is -2.47. The van der Waals surface area contributed by atoms with Crippen LogP contribution in [0.25, 0.3) is 11.0 Å². The fourth-order valence-corrected chi connectivity index (χ4v) is 5.27. The highest BCUT2D eigenvalue weighted by molar-refractivity contribution is 9.10. The highest BCUT2D eigenvalue weighted by Crippen LogP contribution is 2.52. The van der Waals surface area contributed by atoms with Crippen LogP contribution in [-0.4, -0.2) is 37.1 Å². The predicted octanol–water partition coefficient (Wildman–Crippen LogP) is 3.70. The topological polar surface area (TPSA) is 78.1 Å². The van der Waals surface area contributed by atoms with E-state index in [1.807, 2.05) is 0 Å². The third-order valence-electron chi connectivity index (χ3n) is 5.93. The van der Waals surface area contributed by atoms with E-state index in [2.05, 4.69) is 23.0 Å². The van der Waals surface area contributed by atoms with Crippen molar-refractivity contribution in [3.63, 3.8) is 0 Å². The SMILES string of the molecule is COc1c2c(c(Br)c3c1OCO3)CC[N+](C)(Cc1cc(=O)oc3cc(O)ccc13)C2. The van der Waals surface area contributed by atoms with Crippen LogP contribution in [0.1, 0.15) is 16.7 Å². The molecule has 2 aliphatic heterocycles. The number of aromatic hydroxyl groups is 1. The molecule has 5 rings (SSSR count). The van der Waals surface area contributed by atoms with Gasteiger partial charge in [-0.05, 0) is 33.6 Å². The zero-order valence-corrected chi connectivity index (χ0v) is 18.2. The maximum atomic E-state index is 12.1. The Morgan fingerprint density at radius 2 is 2.00 bits per heavy atom. The zero-order chi connectivity index (χ0) is 21.0. The minimum atomic E-state index is -0.421. The van der Waals surface area contributed by atoms with Crippen LogP contribution in [0.4, 0.5) is 0 Å². The number of fused-ring (bicyclic) bond motifs is 3. The fraction of sp³-hybridized carbons (Fsp3) is 0.318. The number of phenols is 1. The van der Waals surface area contributed by atoms with Crippen molar-refractivity contribution >= 4 is 26.9 Å². The van der Waals surface area contributed by atoms with Crippen molar-refractivity contribution < 1.29 is 28.2 Å². The zero-order valence-electron chi connectivity index (χ0n) is 16.7. The number of halogens is 1. The van der Waals surface area contributed by atoms with Crippen LogP contribution in [0.15, 0.2) is 37.9 Å². The molecular weight excluding hydrogens is 454 g/mol. The van der Waals surface area contributed by atoms with Gasteiger partial charge < -0.3 is 28.2 Å². The molecule has 2 aliphatic rings. The first-order valence-corrected chi connectivity index (χ1v) is 10.4. The molecule has 2 aromatic carbocycles. The van der Waals surface area contributed by atoms with E-state index in [1.165, 1.54) is 11.6 Å². The molecule has 0 saturated carbocycles. The van der Waals surface area contributed by atoms with Crippen LogP contribution in [0.5, 0.6) is 23.0 Å². The first-order valence-electron chi connectivity index (χ1n) is 9.64. The summed E-state index contributed by atoms with van der Waals surface area (Å²) in [5, 5.41) is 10.6. The van der Waals surface area contributed by atoms with Gasteiger partial charge >= 0.3 is 5.63 Å². The normalized spacial score (nSPS) is 19.7. The van der Waals surface area contributed by atoms with Gasteiger partial charge in [0.2, 0.25) is 12.5 Å². The van der Waals surface area contributed by atoms with Gasteiger partial charge in [0.25, 0.3) is 0 Å². The molecule has 0 radical (unpaired) electrons. The number of benzene rings is 2. The highest BCUT2D eigenvalue weighted by Gasteiger charge is 2.38. The molecular formula is C22H21BrNO6+. The molecule has 156 valence electrons. The average molecular weight is 475 g/mol. The van der Waals surface area contributed by atoms with Crippen molar-refractivity contribution in [3.8, 4) is 23.0 Å². The predicted molar refractivity (Wildman–Crippen MR) is 113 cm³/mol. The molecule has 30 heavy (non-hydrogen) atoms. The minimum absolute atomic E-state index is 0.0701.